The number of thioether (sulfide) groups is 2. The van der Waals surface area contributed by atoms with Crippen LogP contribution in [0.3, 0.4) is 0 Å². The Morgan fingerprint density at radius 3 is 2.86 bits per heavy atom. The van der Waals surface area contributed by atoms with Gasteiger partial charge in [-0.15, -0.1) is 0 Å². The summed E-state index contributed by atoms with van der Waals surface area (Å²) in [5.41, 5.74) is 1.88. The Labute approximate surface area is 138 Å². The highest BCUT2D eigenvalue weighted by Crippen LogP contribution is 2.21. The molecule has 0 saturated carbocycles. The van der Waals surface area contributed by atoms with Crippen LogP contribution in [-0.2, 0) is 16.0 Å². The van der Waals surface area contributed by atoms with E-state index in [-0.39, 0.29) is 18.4 Å². The van der Waals surface area contributed by atoms with Crippen LogP contribution in [0.25, 0.3) is 0 Å². The van der Waals surface area contributed by atoms with Crippen LogP contribution in [0.4, 0.5) is 5.69 Å². The fourth-order valence-corrected chi connectivity index (χ4v) is 3.74. The van der Waals surface area contributed by atoms with Gasteiger partial charge in [0.05, 0.1) is 18.8 Å². The van der Waals surface area contributed by atoms with Crippen LogP contribution in [0.15, 0.2) is 29.3 Å². The molecule has 0 radical (unpaired) electrons. The molecule has 22 heavy (non-hydrogen) atoms. The third kappa shape index (κ3) is 5.38. The Balaban J connectivity index is 1.71. The van der Waals surface area contributed by atoms with Crippen LogP contribution < -0.4 is 10.6 Å². The van der Waals surface area contributed by atoms with Crippen LogP contribution in [0.1, 0.15) is 12.5 Å². The summed E-state index contributed by atoms with van der Waals surface area (Å²) in [6.07, 6.45) is 0.846. The van der Waals surface area contributed by atoms with Crippen molar-refractivity contribution in [2.75, 3.05) is 29.9 Å². The lowest BCUT2D eigenvalue weighted by Gasteiger charge is -2.10. The molecule has 1 heterocycles. The van der Waals surface area contributed by atoms with E-state index in [4.69, 9.17) is 0 Å². The van der Waals surface area contributed by atoms with E-state index in [1.165, 1.54) is 11.8 Å². The maximum Gasteiger partial charge on any atom is 0.243 e. The molecule has 1 aliphatic heterocycles. The van der Waals surface area contributed by atoms with Gasteiger partial charge in [0, 0.05) is 11.4 Å². The van der Waals surface area contributed by atoms with Gasteiger partial charge in [0.25, 0.3) is 0 Å². The first kappa shape index (κ1) is 16.9. The molecule has 0 aliphatic carbocycles. The SMILES string of the molecule is CCc1ccccc1NC(=O)CNC(=O)CSC1=NCCS1. The molecule has 2 amide bonds. The van der Waals surface area contributed by atoms with E-state index in [9.17, 15) is 9.59 Å². The lowest BCUT2D eigenvalue weighted by atomic mass is 10.1. The molecular weight excluding hydrogens is 318 g/mol. The molecule has 0 unspecified atom stereocenters. The molecule has 0 bridgehead atoms. The molecule has 1 aliphatic rings. The number of anilines is 1. The van der Waals surface area contributed by atoms with Gasteiger partial charge in [-0.1, -0.05) is 48.6 Å². The molecule has 2 N–H and O–H groups in total. The maximum absolute atomic E-state index is 11.9. The van der Waals surface area contributed by atoms with Crippen LogP contribution in [0, 0.1) is 0 Å². The Morgan fingerprint density at radius 2 is 2.14 bits per heavy atom. The van der Waals surface area contributed by atoms with Crippen molar-refractivity contribution in [2.24, 2.45) is 4.99 Å². The first-order valence-electron chi connectivity index (χ1n) is 7.13. The average molecular weight is 337 g/mol. The minimum Gasteiger partial charge on any atom is -0.346 e. The second-order valence-electron chi connectivity index (χ2n) is 4.62. The number of aliphatic imine (C=N–C) groups is 1. The smallest absolute Gasteiger partial charge is 0.243 e. The number of nitrogens with zero attached hydrogens (tertiary/aromatic N) is 1. The number of rotatable bonds is 6. The maximum atomic E-state index is 11.9. The number of carbonyl (C=O) groups is 2. The number of aryl methyl sites for hydroxylation is 1. The largest absolute Gasteiger partial charge is 0.346 e. The number of hydrogen-bond donors (Lipinski definition) is 2. The molecule has 5 nitrogen and oxygen atoms in total. The quantitative estimate of drug-likeness (QED) is 0.834. The minimum absolute atomic E-state index is 0.0168. The third-order valence-electron chi connectivity index (χ3n) is 3.00. The van der Waals surface area contributed by atoms with Gasteiger partial charge in [0.2, 0.25) is 11.8 Å². The van der Waals surface area contributed by atoms with Gasteiger partial charge in [-0.2, -0.15) is 0 Å². The summed E-state index contributed by atoms with van der Waals surface area (Å²) < 4.78 is 0.955. The molecule has 0 fully saturated rings. The van der Waals surface area contributed by atoms with E-state index in [0.717, 1.165) is 34.3 Å². The highest BCUT2D eigenvalue weighted by atomic mass is 32.2. The molecule has 0 aromatic heterocycles. The summed E-state index contributed by atoms with van der Waals surface area (Å²) in [6, 6.07) is 7.66. The molecule has 1 aromatic rings. The molecule has 0 spiro atoms. The normalized spacial score (nSPS) is 13.6. The number of hydrogen-bond acceptors (Lipinski definition) is 5. The van der Waals surface area contributed by atoms with Crippen LogP contribution in [0.5, 0.6) is 0 Å². The Kier molecular flexibility index (Phi) is 6.79. The molecular formula is C15H19N3O2S2. The first-order valence-corrected chi connectivity index (χ1v) is 9.10. The third-order valence-corrected chi connectivity index (χ3v) is 5.26. The second kappa shape index (κ2) is 8.85. The molecule has 0 atom stereocenters. The summed E-state index contributed by atoms with van der Waals surface area (Å²) in [5.74, 6) is 0.916. The number of nitrogens with one attached hydrogen (secondary N) is 2. The summed E-state index contributed by atoms with van der Waals surface area (Å²) in [5, 5.41) is 5.45. The van der Waals surface area contributed by atoms with Crippen molar-refractivity contribution in [1.82, 2.24) is 5.32 Å². The lowest BCUT2D eigenvalue weighted by Crippen LogP contribution is -2.34. The van der Waals surface area contributed by atoms with Gasteiger partial charge in [0.15, 0.2) is 0 Å². The molecule has 2 rings (SSSR count). The van der Waals surface area contributed by atoms with E-state index < -0.39 is 0 Å². The number of amides is 2. The van der Waals surface area contributed by atoms with Gasteiger partial charge in [-0.3, -0.25) is 14.6 Å². The number of carbonyl (C=O) groups excluding carboxylic acids is 2. The van der Waals surface area contributed by atoms with Gasteiger partial charge >= 0.3 is 0 Å². The van der Waals surface area contributed by atoms with E-state index in [2.05, 4.69) is 15.6 Å². The molecule has 0 saturated heterocycles. The van der Waals surface area contributed by atoms with Crippen LogP contribution >= 0.6 is 23.5 Å². The van der Waals surface area contributed by atoms with E-state index in [0.29, 0.717) is 5.75 Å². The second-order valence-corrected chi connectivity index (χ2v) is 6.93. The minimum atomic E-state index is -0.216. The van der Waals surface area contributed by atoms with Gasteiger partial charge in [0.1, 0.15) is 4.38 Å². The zero-order chi connectivity index (χ0) is 15.8. The van der Waals surface area contributed by atoms with Gasteiger partial charge in [-0.25, -0.2) is 0 Å². The van der Waals surface area contributed by atoms with Crippen molar-refractivity contribution in [3.05, 3.63) is 29.8 Å². The van der Waals surface area contributed by atoms with Gasteiger partial charge < -0.3 is 10.6 Å². The zero-order valence-electron chi connectivity index (χ0n) is 12.4. The predicted molar refractivity (Wildman–Crippen MR) is 94.7 cm³/mol. The van der Waals surface area contributed by atoms with Crippen molar-refractivity contribution in [2.45, 2.75) is 13.3 Å². The van der Waals surface area contributed by atoms with Crippen molar-refractivity contribution < 1.29 is 9.59 Å². The Bertz CT molecular complexity index is 576. The van der Waals surface area contributed by atoms with Crippen molar-refractivity contribution in [3.8, 4) is 0 Å². The summed E-state index contributed by atoms with van der Waals surface area (Å²) in [4.78, 5) is 27.8. The van der Waals surface area contributed by atoms with Crippen molar-refractivity contribution in [3.63, 3.8) is 0 Å². The number of para-hydroxylation sites is 1. The zero-order valence-corrected chi connectivity index (χ0v) is 14.1. The predicted octanol–water partition coefficient (Wildman–Crippen LogP) is 2.14. The topological polar surface area (TPSA) is 70.6 Å². The summed E-state index contributed by atoms with van der Waals surface area (Å²) in [6.45, 7) is 2.85. The summed E-state index contributed by atoms with van der Waals surface area (Å²) in [7, 11) is 0. The van der Waals surface area contributed by atoms with Crippen LogP contribution in [0.2, 0.25) is 0 Å². The van der Waals surface area contributed by atoms with E-state index in [1.54, 1.807) is 11.8 Å². The monoisotopic (exact) mass is 337 g/mol. The Hall–Kier alpha value is -1.47. The van der Waals surface area contributed by atoms with Crippen molar-refractivity contribution in [1.29, 1.82) is 0 Å². The van der Waals surface area contributed by atoms with Crippen molar-refractivity contribution >= 4 is 45.4 Å². The standard InChI is InChI=1S/C15H19N3O2S2/c1-2-11-5-3-4-6-12(11)18-13(19)9-17-14(20)10-22-15-16-7-8-21-15/h3-6H,2,7-10H2,1H3,(H,17,20)(H,18,19). The fourth-order valence-electron chi connectivity index (χ4n) is 1.90. The lowest BCUT2D eigenvalue weighted by molar-refractivity contribution is -0.122. The van der Waals surface area contributed by atoms with E-state index >= 15 is 0 Å². The number of benzene rings is 1. The molecule has 118 valence electrons. The molecule has 1 aromatic carbocycles. The average Bonchev–Trinajstić information content (AvgIpc) is 3.05. The summed E-state index contributed by atoms with van der Waals surface area (Å²) >= 11 is 3.09. The van der Waals surface area contributed by atoms with E-state index in [1.807, 2.05) is 31.2 Å². The highest BCUT2D eigenvalue weighted by molar-refractivity contribution is 8.39. The fraction of sp³-hybridized carbons (Fsp3) is 0.400. The Morgan fingerprint density at radius 1 is 1.32 bits per heavy atom. The highest BCUT2D eigenvalue weighted by Gasteiger charge is 2.11. The molecule has 7 heteroatoms. The van der Waals surface area contributed by atoms with Crippen LogP contribution in [-0.4, -0.2) is 40.8 Å². The first-order chi connectivity index (χ1) is 10.7. The van der Waals surface area contributed by atoms with Gasteiger partial charge in [-0.05, 0) is 18.1 Å².